The Kier molecular flexibility index (Phi) is 6.95. The zero-order chi connectivity index (χ0) is 19.8. The molecule has 3 rings (SSSR count). The summed E-state index contributed by atoms with van der Waals surface area (Å²) < 4.78 is 1.19. The van der Waals surface area contributed by atoms with Crippen molar-refractivity contribution in [2.24, 2.45) is 0 Å². The first-order valence-electron chi connectivity index (χ1n) is 8.89. The molecule has 0 fully saturated rings. The van der Waals surface area contributed by atoms with Gasteiger partial charge in [-0.15, -0.1) is 11.3 Å². The van der Waals surface area contributed by atoms with Gasteiger partial charge in [0.25, 0.3) is 0 Å². The van der Waals surface area contributed by atoms with Gasteiger partial charge in [0, 0.05) is 23.4 Å². The van der Waals surface area contributed by atoms with Crippen LogP contribution in [0.5, 0.6) is 0 Å². The van der Waals surface area contributed by atoms with Crippen LogP contribution >= 0.6 is 23.6 Å². The molecule has 1 heterocycles. The molecule has 0 saturated carbocycles. The lowest BCUT2D eigenvalue weighted by Gasteiger charge is -2.20. The summed E-state index contributed by atoms with van der Waals surface area (Å²) in [5, 5.41) is 21.3. The van der Waals surface area contributed by atoms with Crippen LogP contribution in [-0.2, 0) is 11.2 Å². The number of benzene rings is 2. The number of carbonyl (C=O) groups is 1. The number of fused-ring (bicyclic) bond motifs is 1. The monoisotopic (exact) mass is 408 g/mol. The molecule has 0 aliphatic rings. The third-order valence-corrected chi connectivity index (χ3v) is 5.41. The van der Waals surface area contributed by atoms with E-state index in [1.165, 1.54) is 4.70 Å². The highest BCUT2D eigenvalue weighted by atomic mass is 32.1. The summed E-state index contributed by atoms with van der Waals surface area (Å²) in [6.07, 6.45) is 0.769. The summed E-state index contributed by atoms with van der Waals surface area (Å²) in [5.41, 5.74) is 1.95. The summed E-state index contributed by atoms with van der Waals surface area (Å²) in [6, 6.07) is 19.2. The van der Waals surface area contributed by atoms with E-state index >= 15 is 0 Å². The van der Waals surface area contributed by atoms with Crippen molar-refractivity contribution in [1.82, 2.24) is 10.6 Å². The Labute approximate surface area is 173 Å². The molecule has 2 aromatic carbocycles. The van der Waals surface area contributed by atoms with Crippen LogP contribution in [0.2, 0.25) is 0 Å². The van der Waals surface area contributed by atoms with E-state index in [1.807, 2.05) is 48.5 Å². The standard InChI is InChI=1S/C21H20N4OS2/c22-11-6-12-23-20(26)18(25-21(27)24-16-7-2-1-3-8-16)13-15-14-28-19-10-5-4-9-17(15)19/h1-5,7-10,14,18H,6,12-13H2,(H,23,26)(H2,24,25,27). The molecule has 0 spiro atoms. The van der Waals surface area contributed by atoms with Gasteiger partial charge in [-0.3, -0.25) is 4.79 Å². The lowest BCUT2D eigenvalue weighted by atomic mass is 10.0. The van der Waals surface area contributed by atoms with Gasteiger partial charge < -0.3 is 16.0 Å². The van der Waals surface area contributed by atoms with Crippen LogP contribution in [-0.4, -0.2) is 23.6 Å². The smallest absolute Gasteiger partial charge is 0.242 e. The molecule has 0 aliphatic carbocycles. The van der Waals surface area contributed by atoms with Crippen molar-refractivity contribution < 1.29 is 4.79 Å². The highest BCUT2D eigenvalue weighted by molar-refractivity contribution is 7.80. The number of carbonyl (C=O) groups excluding carboxylic acids is 1. The van der Waals surface area contributed by atoms with Crippen molar-refractivity contribution in [2.75, 3.05) is 11.9 Å². The SMILES string of the molecule is N#CCCNC(=O)C(Cc1csc2ccccc12)NC(=S)Nc1ccccc1. The Morgan fingerprint density at radius 2 is 1.89 bits per heavy atom. The van der Waals surface area contributed by atoms with E-state index in [2.05, 4.69) is 33.5 Å². The Morgan fingerprint density at radius 1 is 1.14 bits per heavy atom. The van der Waals surface area contributed by atoms with Gasteiger partial charge in [0.05, 0.1) is 12.5 Å². The van der Waals surface area contributed by atoms with Crippen molar-refractivity contribution in [1.29, 1.82) is 5.26 Å². The van der Waals surface area contributed by atoms with Crippen molar-refractivity contribution in [3.05, 3.63) is 65.5 Å². The minimum atomic E-state index is -0.541. The molecule has 0 aliphatic heterocycles. The number of hydrogen-bond acceptors (Lipinski definition) is 4. The summed E-state index contributed by atoms with van der Waals surface area (Å²) in [7, 11) is 0. The summed E-state index contributed by atoms with van der Waals surface area (Å²) >= 11 is 7.07. The third-order valence-electron chi connectivity index (χ3n) is 4.17. The first-order valence-corrected chi connectivity index (χ1v) is 10.2. The van der Waals surface area contributed by atoms with E-state index in [-0.39, 0.29) is 12.3 Å². The topological polar surface area (TPSA) is 77.0 Å². The van der Waals surface area contributed by atoms with E-state index in [9.17, 15) is 4.79 Å². The number of thiocarbonyl (C=S) groups is 1. The fraction of sp³-hybridized carbons (Fsp3) is 0.190. The highest BCUT2D eigenvalue weighted by Crippen LogP contribution is 2.26. The van der Waals surface area contributed by atoms with Gasteiger partial charge >= 0.3 is 0 Å². The number of anilines is 1. The molecule has 0 radical (unpaired) electrons. The number of hydrogen-bond donors (Lipinski definition) is 3. The second-order valence-corrected chi connectivity index (χ2v) is 7.50. The largest absolute Gasteiger partial charge is 0.353 e. The van der Waals surface area contributed by atoms with Gasteiger partial charge in [-0.1, -0.05) is 36.4 Å². The molecule has 1 aromatic heterocycles. The van der Waals surface area contributed by atoms with Gasteiger partial charge in [0.2, 0.25) is 5.91 Å². The van der Waals surface area contributed by atoms with Crippen molar-refractivity contribution in [2.45, 2.75) is 18.9 Å². The predicted octanol–water partition coefficient (Wildman–Crippen LogP) is 3.83. The van der Waals surface area contributed by atoms with Gasteiger partial charge in [-0.05, 0) is 46.7 Å². The maximum Gasteiger partial charge on any atom is 0.242 e. The van der Waals surface area contributed by atoms with Crippen LogP contribution in [0.3, 0.4) is 0 Å². The first kappa shape index (κ1) is 19.8. The van der Waals surface area contributed by atoms with E-state index in [0.717, 1.165) is 16.6 Å². The zero-order valence-corrected chi connectivity index (χ0v) is 16.8. The second-order valence-electron chi connectivity index (χ2n) is 6.18. The van der Waals surface area contributed by atoms with Crippen LogP contribution in [0.4, 0.5) is 5.69 Å². The van der Waals surface area contributed by atoms with Crippen molar-refractivity contribution >= 4 is 50.3 Å². The van der Waals surface area contributed by atoms with E-state index < -0.39 is 6.04 Å². The van der Waals surface area contributed by atoms with E-state index in [1.54, 1.807) is 11.3 Å². The van der Waals surface area contributed by atoms with Gasteiger partial charge in [-0.25, -0.2) is 0 Å². The molecule has 0 saturated heterocycles. The minimum Gasteiger partial charge on any atom is -0.353 e. The minimum absolute atomic E-state index is 0.178. The third kappa shape index (κ3) is 5.28. The number of nitriles is 1. The number of thiophene rings is 1. The van der Waals surface area contributed by atoms with Crippen LogP contribution in [0, 0.1) is 11.3 Å². The summed E-state index contributed by atoms with van der Waals surface area (Å²) in [5.74, 6) is -0.178. The fourth-order valence-electron chi connectivity index (χ4n) is 2.83. The summed E-state index contributed by atoms with van der Waals surface area (Å²) in [6.45, 7) is 0.316. The van der Waals surface area contributed by atoms with Crippen LogP contribution in [0.25, 0.3) is 10.1 Å². The summed E-state index contributed by atoms with van der Waals surface area (Å²) in [4.78, 5) is 12.7. The molecule has 0 bridgehead atoms. The average molecular weight is 409 g/mol. The molecule has 142 valence electrons. The predicted molar refractivity (Wildman–Crippen MR) is 118 cm³/mol. The van der Waals surface area contributed by atoms with Gasteiger partial charge in [0.1, 0.15) is 6.04 Å². The Morgan fingerprint density at radius 3 is 2.68 bits per heavy atom. The van der Waals surface area contributed by atoms with Crippen LogP contribution in [0.15, 0.2) is 60.0 Å². The lowest BCUT2D eigenvalue weighted by Crippen LogP contribution is -2.49. The first-order chi connectivity index (χ1) is 13.7. The maximum absolute atomic E-state index is 12.7. The highest BCUT2D eigenvalue weighted by Gasteiger charge is 2.21. The second kappa shape index (κ2) is 9.83. The average Bonchev–Trinajstić information content (AvgIpc) is 3.11. The van der Waals surface area contributed by atoms with E-state index in [0.29, 0.717) is 18.1 Å². The van der Waals surface area contributed by atoms with Gasteiger partial charge in [-0.2, -0.15) is 5.26 Å². The molecule has 3 aromatic rings. The fourth-order valence-corrected chi connectivity index (χ4v) is 4.07. The van der Waals surface area contributed by atoms with Crippen molar-refractivity contribution in [3.8, 4) is 6.07 Å². The Balaban J connectivity index is 1.73. The van der Waals surface area contributed by atoms with Crippen LogP contribution < -0.4 is 16.0 Å². The molecule has 3 N–H and O–H groups in total. The number of rotatable bonds is 7. The molecule has 5 nitrogen and oxygen atoms in total. The Bertz CT molecular complexity index is 994. The number of para-hydroxylation sites is 1. The lowest BCUT2D eigenvalue weighted by molar-refractivity contribution is -0.122. The normalized spacial score (nSPS) is 11.4. The molecule has 1 unspecified atom stereocenters. The molecule has 7 heteroatoms. The number of nitrogens with zero attached hydrogens (tertiary/aromatic N) is 1. The number of nitrogens with one attached hydrogen (secondary N) is 3. The maximum atomic E-state index is 12.7. The molecular weight excluding hydrogens is 388 g/mol. The Hall–Kier alpha value is -2.95. The molecular formula is C21H20N4OS2. The van der Waals surface area contributed by atoms with Gasteiger partial charge in [0.15, 0.2) is 5.11 Å². The zero-order valence-electron chi connectivity index (χ0n) is 15.1. The molecule has 1 amide bonds. The van der Waals surface area contributed by atoms with Crippen molar-refractivity contribution in [3.63, 3.8) is 0 Å². The molecule has 28 heavy (non-hydrogen) atoms. The van der Waals surface area contributed by atoms with E-state index in [4.69, 9.17) is 17.5 Å². The quantitative estimate of drug-likeness (QED) is 0.409. The number of amides is 1. The van der Waals surface area contributed by atoms with Crippen LogP contribution in [0.1, 0.15) is 12.0 Å². The molecule has 1 atom stereocenters.